The molecule has 0 radical (unpaired) electrons. The lowest BCUT2D eigenvalue weighted by molar-refractivity contribution is -0.141. The van der Waals surface area contributed by atoms with E-state index in [1.807, 2.05) is 37.3 Å². The highest BCUT2D eigenvalue weighted by Crippen LogP contribution is 2.06. The minimum atomic E-state index is -0.181. The van der Waals surface area contributed by atoms with Crippen LogP contribution in [0.25, 0.3) is 0 Å². The Hall–Kier alpha value is -1.83. The van der Waals surface area contributed by atoms with Gasteiger partial charge in [-0.25, -0.2) is 0 Å². The number of carbonyl (C=O) groups is 1. The van der Waals surface area contributed by atoms with Crippen LogP contribution >= 0.6 is 0 Å². The van der Waals surface area contributed by atoms with Gasteiger partial charge in [-0.05, 0) is 31.4 Å². The highest BCUT2D eigenvalue weighted by atomic mass is 16.5. The lowest BCUT2D eigenvalue weighted by Crippen LogP contribution is -2.09. The lowest BCUT2D eigenvalue weighted by Gasteiger charge is -2.05. The third-order valence-corrected chi connectivity index (χ3v) is 2.88. The van der Waals surface area contributed by atoms with Gasteiger partial charge in [0.05, 0.1) is 6.42 Å². The molecule has 0 bridgehead atoms. The molecule has 0 atom stereocenters. The van der Waals surface area contributed by atoms with Crippen molar-refractivity contribution in [3.8, 4) is 0 Å². The molecule has 0 fully saturated rings. The first-order chi connectivity index (χ1) is 9.61. The third kappa shape index (κ3) is 6.93. The van der Waals surface area contributed by atoms with Crippen molar-refractivity contribution in [3.63, 3.8) is 0 Å². The molecule has 0 aliphatic rings. The number of unbranched alkanes of at least 4 members (excludes halogenated alkanes) is 1. The predicted molar refractivity (Wildman–Crippen MR) is 83.5 cm³/mol. The largest absolute Gasteiger partial charge is 0.461 e. The molecule has 0 spiro atoms. The summed E-state index contributed by atoms with van der Waals surface area (Å²) in [5.41, 5.74) is 3.28. The Balaban J connectivity index is 2.39. The van der Waals surface area contributed by atoms with Crippen LogP contribution in [-0.2, 0) is 16.0 Å². The first-order valence-corrected chi connectivity index (χ1v) is 7.15. The number of allylic oxidation sites excluding steroid dienone is 3. The summed E-state index contributed by atoms with van der Waals surface area (Å²) in [6.45, 7) is 6.58. The van der Waals surface area contributed by atoms with Crippen LogP contribution in [0.2, 0.25) is 0 Å². The van der Waals surface area contributed by atoms with Crippen LogP contribution in [0.5, 0.6) is 0 Å². The zero-order valence-electron chi connectivity index (χ0n) is 12.7. The standard InChI is InChI=1S/C18H24O2/c1-4-5-9-15(2)12-16(3)14-20-18(19)13-17-10-7-6-8-11-17/h6-12H,4-5,13-14H2,1-3H3/b15-9+,16-12+. The Morgan fingerprint density at radius 1 is 1.20 bits per heavy atom. The van der Waals surface area contributed by atoms with E-state index in [-0.39, 0.29) is 5.97 Å². The Labute approximate surface area is 122 Å². The quantitative estimate of drug-likeness (QED) is 0.541. The van der Waals surface area contributed by atoms with E-state index in [2.05, 4.69) is 26.0 Å². The van der Waals surface area contributed by atoms with E-state index in [4.69, 9.17) is 4.74 Å². The van der Waals surface area contributed by atoms with Crippen LogP contribution < -0.4 is 0 Å². The maximum atomic E-state index is 11.7. The summed E-state index contributed by atoms with van der Waals surface area (Å²) in [6.07, 6.45) is 6.85. The summed E-state index contributed by atoms with van der Waals surface area (Å²) < 4.78 is 5.28. The Kier molecular flexibility index (Phi) is 7.41. The van der Waals surface area contributed by atoms with E-state index in [9.17, 15) is 4.79 Å². The number of hydrogen-bond acceptors (Lipinski definition) is 2. The second-order valence-corrected chi connectivity index (χ2v) is 5.05. The van der Waals surface area contributed by atoms with Crippen molar-refractivity contribution in [2.75, 3.05) is 6.61 Å². The summed E-state index contributed by atoms with van der Waals surface area (Å²) in [6, 6.07) is 9.65. The van der Waals surface area contributed by atoms with Crippen molar-refractivity contribution in [1.29, 1.82) is 0 Å². The predicted octanol–water partition coefficient (Wildman–Crippen LogP) is 4.47. The number of hydrogen-bond donors (Lipinski definition) is 0. The van der Waals surface area contributed by atoms with Gasteiger partial charge in [0.15, 0.2) is 0 Å². The van der Waals surface area contributed by atoms with E-state index < -0.39 is 0 Å². The first-order valence-electron chi connectivity index (χ1n) is 7.15. The van der Waals surface area contributed by atoms with Crippen LogP contribution in [0, 0.1) is 0 Å². The number of esters is 1. The molecule has 1 rings (SSSR count). The zero-order valence-corrected chi connectivity index (χ0v) is 12.7. The monoisotopic (exact) mass is 272 g/mol. The molecule has 0 amide bonds. The van der Waals surface area contributed by atoms with Crippen molar-refractivity contribution in [3.05, 3.63) is 59.2 Å². The number of ether oxygens (including phenoxy) is 1. The van der Waals surface area contributed by atoms with Gasteiger partial charge in [-0.2, -0.15) is 0 Å². The molecule has 2 heteroatoms. The molecule has 2 nitrogen and oxygen atoms in total. The molecule has 0 aliphatic carbocycles. The van der Waals surface area contributed by atoms with Crippen molar-refractivity contribution in [2.45, 2.75) is 40.0 Å². The fraction of sp³-hybridized carbons (Fsp3) is 0.389. The molecule has 0 unspecified atom stereocenters. The van der Waals surface area contributed by atoms with Crippen LogP contribution in [0.1, 0.15) is 39.2 Å². The molecule has 0 heterocycles. The first kappa shape index (κ1) is 16.2. The second kappa shape index (κ2) is 9.13. The zero-order chi connectivity index (χ0) is 14.8. The number of carbonyl (C=O) groups excluding carboxylic acids is 1. The van der Waals surface area contributed by atoms with Gasteiger partial charge in [0.1, 0.15) is 6.61 Å². The summed E-state index contributed by atoms with van der Waals surface area (Å²) >= 11 is 0. The van der Waals surface area contributed by atoms with Gasteiger partial charge in [0.2, 0.25) is 0 Å². The Morgan fingerprint density at radius 2 is 1.90 bits per heavy atom. The molecule has 0 aromatic heterocycles. The maximum Gasteiger partial charge on any atom is 0.310 e. The van der Waals surface area contributed by atoms with E-state index in [1.165, 1.54) is 5.57 Å². The molecular weight excluding hydrogens is 248 g/mol. The SMILES string of the molecule is CCC/C=C(C)/C=C(\C)COC(=O)Cc1ccccc1. The summed E-state index contributed by atoms with van der Waals surface area (Å²) in [4.78, 5) is 11.7. The molecule has 0 N–H and O–H groups in total. The van der Waals surface area contributed by atoms with Gasteiger partial charge < -0.3 is 4.74 Å². The fourth-order valence-electron chi connectivity index (χ4n) is 1.87. The Morgan fingerprint density at radius 3 is 2.55 bits per heavy atom. The van der Waals surface area contributed by atoms with Gasteiger partial charge >= 0.3 is 5.97 Å². The van der Waals surface area contributed by atoms with Crippen molar-refractivity contribution in [2.24, 2.45) is 0 Å². The van der Waals surface area contributed by atoms with Crippen molar-refractivity contribution < 1.29 is 9.53 Å². The summed E-state index contributed by atoms with van der Waals surface area (Å²) in [5.74, 6) is -0.181. The third-order valence-electron chi connectivity index (χ3n) is 2.88. The van der Waals surface area contributed by atoms with Crippen LogP contribution in [-0.4, -0.2) is 12.6 Å². The van der Waals surface area contributed by atoms with Crippen LogP contribution in [0.3, 0.4) is 0 Å². The number of rotatable bonds is 7. The summed E-state index contributed by atoms with van der Waals surface area (Å²) in [5, 5.41) is 0. The van der Waals surface area contributed by atoms with Gasteiger partial charge in [0, 0.05) is 0 Å². The molecule has 20 heavy (non-hydrogen) atoms. The highest BCUT2D eigenvalue weighted by molar-refractivity contribution is 5.72. The molecule has 0 saturated heterocycles. The van der Waals surface area contributed by atoms with Crippen molar-refractivity contribution >= 4 is 5.97 Å². The van der Waals surface area contributed by atoms with Gasteiger partial charge in [-0.15, -0.1) is 0 Å². The fourth-order valence-corrected chi connectivity index (χ4v) is 1.87. The van der Waals surface area contributed by atoms with Crippen LogP contribution in [0.4, 0.5) is 0 Å². The number of benzene rings is 1. The van der Waals surface area contributed by atoms with Gasteiger partial charge in [0.25, 0.3) is 0 Å². The smallest absolute Gasteiger partial charge is 0.310 e. The van der Waals surface area contributed by atoms with Gasteiger partial charge in [-0.3, -0.25) is 4.79 Å². The highest BCUT2D eigenvalue weighted by Gasteiger charge is 2.04. The Bertz CT molecular complexity index is 469. The minimum Gasteiger partial charge on any atom is -0.461 e. The molecule has 1 aromatic rings. The van der Waals surface area contributed by atoms with Crippen LogP contribution in [0.15, 0.2) is 53.6 Å². The summed E-state index contributed by atoms with van der Waals surface area (Å²) in [7, 11) is 0. The molecule has 0 aliphatic heterocycles. The molecule has 1 aromatic carbocycles. The lowest BCUT2D eigenvalue weighted by atomic mass is 10.1. The molecule has 0 saturated carbocycles. The molecular formula is C18H24O2. The van der Waals surface area contributed by atoms with Crippen molar-refractivity contribution in [1.82, 2.24) is 0 Å². The van der Waals surface area contributed by atoms with E-state index in [1.54, 1.807) is 0 Å². The maximum absolute atomic E-state index is 11.7. The van der Waals surface area contributed by atoms with E-state index in [0.717, 1.165) is 24.0 Å². The average Bonchev–Trinajstić information content (AvgIpc) is 2.44. The normalized spacial score (nSPS) is 12.3. The average molecular weight is 272 g/mol. The minimum absolute atomic E-state index is 0.181. The van der Waals surface area contributed by atoms with Gasteiger partial charge in [-0.1, -0.05) is 61.4 Å². The molecule has 108 valence electrons. The van der Waals surface area contributed by atoms with E-state index >= 15 is 0 Å². The topological polar surface area (TPSA) is 26.3 Å². The second-order valence-electron chi connectivity index (χ2n) is 5.05. The van der Waals surface area contributed by atoms with E-state index in [0.29, 0.717) is 13.0 Å².